The number of pyridine rings is 1. The molecule has 74 valence electrons. The summed E-state index contributed by atoms with van der Waals surface area (Å²) in [6.07, 6.45) is 0.662. The van der Waals surface area contributed by atoms with Gasteiger partial charge in [0, 0.05) is 0 Å². The van der Waals surface area contributed by atoms with Gasteiger partial charge in [0.1, 0.15) is 5.69 Å². The zero-order valence-corrected chi connectivity index (χ0v) is 7.15. The topological polar surface area (TPSA) is 76.5 Å². The van der Waals surface area contributed by atoms with Crippen molar-refractivity contribution in [2.75, 3.05) is 7.11 Å². The van der Waals surface area contributed by atoms with Gasteiger partial charge in [-0.2, -0.15) is 0 Å². The third kappa shape index (κ3) is 1.85. The Morgan fingerprint density at radius 2 is 2.21 bits per heavy atom. The summed E-state index contributed by atoms with van der Waals surface area (Å²) in [4.78, 5) is 24.7. The molecule has 0 unspecified atom stereocenters. The number of nitrogens with zero attached hydrogens (tertiary/aromatic N) is 1. The van der Waals surface area contributed by atoms with Gasteiger partial charge in [-0.25, -0.2) is 19.0 Å². The fraction of sp³-hybridized carbons (Fsp3) is 0.125. The maximum Gasteiger partial charge on any atom is 0.356 e. The second kappa shape index (κ2) is 3.82. The van der Waals surface area contributed by atoms with Gasteiger partial charge in [0.15, 0.2) is 5.82 Å². The van der Waals surface area contributed by atoms with E-state index in [1.165, 1.54) is 0 Å². The Morgan fingerprint density at radius 3 is 2.71 bits per heavy atom. The Bertz CT molecular complexity index is 391. The number of hydrogen-bond acceptors (Lipinski definition) is 4. The molecule has 0 aliphatic heterocycles. The molecule has 0 spiro atoms. The molecule has 6 heteroatoms. The summed E-state index contributed by atoms with van der Waals surface area (Å²) in [6.45, 7) is 0. The molecule has 0 saturated carbocycles. The zero-order valence-electron chi connectivity index (χ0n) is 7.15. The second-order valence-electron chi connectivity index (χ2n) is 2.35. The Balaban J connectivity index is 3.19. The van der Waals surface area contributed by atoms with Crippen LogP contribution in [0.1, 0.15) is 20.8 Å². The first-order valence-corrected chi connectivity index (χ1v) is 3.53. The quantitative estimate of drug-likeness (QED) is 0.709. The monoisotopic (exact) mass is 199 g/mol. The van der Waals surface area contributed by atoms with E-state index in [4.69, 9.17) is 5.11 Å². The lowest BCUT2D eigenvalue weighted by Gasteiger charge is -2.00. The summed E-state index contributed by atoms with van der Waals surface area (Å²) in [5.41, 5.74) is -0.855. The van der Waals surface area contributed by atoms with Crippen LogP contribution in [0.15, 0.2) is 12.3 Å². The molecule has 14 heavy (non-hydrogen) atoms. The van der Waals surface area contributed by atoms with E-state index in [0.717, 1.165) is 13.2 Å². The largest absolute Gasteiger partial charge is 0.478 e. The average molecular weight is 199 g/mol. The van der Waals surface area contributed by atoms with E-state index in [2.05, 4.69) is 9.72 Å². The number of ether oxygens (including phenoxy) is 1. The number of carboxylic acid groups (broad SMARTS) is 1. The minimum atomic E-state index is -1.46. The standard InChI is InChI=1S/C8H6FNO4/c1-14-8(13)6-2-4(7(11)12)5(9)3-10-6/h2-3H,1H3,(H,11,12). The molecular weight excluding hydrogens is 193 g/mol. The molecule has 1 N–H and O–H groups in total. The lowest BCUT2D eigenvalue weighted by molar-refractivity contribution is 0.0594. The summed E-state index contributed by atoms with van der Waals surface area (Å²) < 4.78 is 17.1. The van der Waals surface area contributed by atoms with Gasteiger partial charge < -0.3 is 9.84 Å². The van der Waals surface area contributed by atoms with E-state index in [1.54, 1.807) is 0 Å². The normalized spacial score (nSPS) is 9.57. The molecule has 0 amide bonds. The number of esters is 1. The van der Waals surface area contributed by atoms with Crippen molar-refractivity contribution in [1.29, 1.82) is 0 Å². The minimum Gasteiger partial charge on any atom is -0.478 e. The van der Waals surface area contributed by atoms with Crippen LogP contribution in [0.3, 0.4) is 0 Å². The van der Waals surface area contributed by atoms with Crippen LogP contribution in [-0.2, 0) is 4.74 Å². The molecule has 0 aliphatic carbocycles. The fourth-order valence-corrected chi connectivity index (χ4v) is 0.819. The zero-order chi connectivity index (χ0) is 10.7. The Kier molecular flexibility index (Phi) is 2.76. The molecule has 0 fully saturated rings. The molecule has 0 radical (unpaired) electrons. The van der Waals surface area contributed by atoms with Crippen molar-refractivity contribution in [2.45, 2.75) is 0 Å². The van der Waals surface area contributed by atoms with Gasteiger partial charge in [-0.15, -0.1) is 0 Å². The van der Waals surface area contributed by atoms with Gasteiger partial charge in [-0.3, -0.25) is 0 Å². The molecule has 5 nitrogen and oxygen atoms in total. The van der Waals surface area contributed by atoms with Crippen molar-refractivity contribution >= 4 is 11.9 Å². The summed E-state index contributed by atoms with van der Waals surface area (Å²) in [5, 5.41) is 8.52. The van der Waals surface area contributed by atoms with E-state index in [1.807, 2.05) is 0 Å². The first-order chi connectivity index (χ1) is 6.56. The molecule has 0 aliphatic rings. The number of aromatic nitrogens is 1. The Labute approximate surface area is 78.1 Å². The van der Waals surface area contributed by atoms with Gasteiger partial charge in [0.05, 0.1) is 18.9 Å². The minimum absolute atomic E-state index is 0.244. The number of halogens is 1. The molecule has 0 atom stereocenters. The predicted octanol–water partition coefficient (Wildman–Crippen LogP) is 0.706. The van der Waals surface area contributed by atoms with Crippen LogP contribution in [0.25, 0.3) is 0 Å². The number of carboxylic acids is 1. The predicted molar refractivity (Wildman–Crippen MR) is 42.5 cm³/mol. The van der Waals surface area contributed by atoms with E-state index in [9.17, 15) is 14.0 Å². The van der Waals surface area contributed by atoms with Crippen molar-refractivity contribution < 1.29 is 23.8 Å². The lowest BCUT2D eigenvalue weighted by Crippen LogP contribution is -2.09. The third-order valence-corrected chi connectivity index (χ3v) is 1.48. The van der Waals surface area contributed by atoms with Crippen LogP contribution in [0.4, 0.5) is 4.39 Å². The first-order valence-electron chi connectivity index (χ1n) is 3.53. The Hall–Kier alpha value is -1.98. The highest BCUT2D eigenvalue weighted by Crippen LogP contribution is 2.08. The molecule has 0 aromatic carbocycles. The van der Waals surface area contributed by atoms with E-state index in [0.29, 0.717) is 6.20 Å². The van der Waals surface area contributed by atoms with Crippen molar-refractivity contribution in [2.24, 2.45) is 0 Å². The molecule has 0 saturated heterocycles. The van der Waals surface area contributed by atoms with Crippen LogP contribution in [0.5, 0.6) is 0 Å². The average Bonchev–Trinajstić information content (AvgIpc) is 2.17. The summed E-state index contributed by atoms with van der Waals surface area (Å²) >= 11 is 0. The number of hydrogen-bond donors (Lipinski definition) is 1. The highest BCUT2D eigenvalue weighted by atomic mass is 19.1. The van der Waals surface area contributed by atoms with Crippen molar-refractivity contribution in [3.8, 4) is 0 Å². The smallest absolute Gasteiger partial charge is 0.356 e. The van der Waals surface area contributed by atoms with Gasteiger partial charge in [0.25, 0.3) is 0 Å². The van der Waals surface area contributed by atoms with Gasteiger partial charge in [-0.05, 0) is 6.07 Å². The maximum atomic E-state index is 12.8. The van der Waals surface area contributed by atoms with E-state index >= 15 is 0 Å². The summed E-state index contributed by atoms with van der Waals surface area (Å²) in [6, 6.07) is 0.823. The van der Waals surface area contributed by atoms with Gasteiger partial charge in [0.2, 0.25) is 0 Å². The molecule has 0 bridgehead atoms. The van der Waals surface area contributed by atoms with Crippen LogP contribution in [-0.4, -0.2) is 29.1 Å². The van der Waals surface area contributed by atoms with E-state index in [-0.39, 0.29) is 5.69 Å². The number of carbonyl (C=O) groups is 2. The number of carbonyl (C=O) groups excluding carboxylic acids is 1. The van der Waals surface area contributed by atoms with Gasteiger partial charge >= 0.3 is 11.9 Å². The first kappa shape index (κ1) is 10.1. The second-order valence-corrected chi connectivity index (χ2v) is 2.35. The van der Waals surface area contributed by atoms with Crippen molar-refractivity contribution in [1.82, 2.24) is 4.98 Å². The Morgan fingerprint density at radius 1 is 1.57 bits per heavy atom. The number of rotatable bonds is 2. The molecule has 1 rings (SSSR count). The summed E-state index contributed by atoms with van der Waals surface area (Å²) in [5.74, 6) is -3.27. The lowest BCUT2D eigenvalue weighted by atomic mass is 10.2. The third-order valence-electron chi connectivity index (χ3n) is 1.48. The van der Waals surface area contributed by atoms with Crippen LogP contribution >= 0.6 is 0 Å². The maximum absolute atomic E-state index is 12.8. The molecular formula is C8H6FNO4. The van der Waals surface area contributed by atoms with Crippen molar-refractivity contribution in [3.05, 3.63) is 29.3 Å². The van der Waals surface area contributed by atoms with Crippen molar-refractivity contribution in [3.63, 3.8) is 0 Å². The highest BCUT2D eigenvalue weighted by molar-refractivity contribution is 5.93. The molecule has 1 aromatic rings. The van der Waals surface area contributed by atoms with Crippen LogP contribution < -0.4 is 0 Å². The SMILES string of the molecule is COC(=O)c1cc(C(=O)O)c(F)cn1. The molecule has 1 aromatic heterocycles. The van der Waals surface area contributed by atoms with E-state index < -0.39 is 23.3 Å². The highest BCUT2D eigenvalue weighted by Gasteiger charge is 2.15. The summed E-state index contributed by atoms with van der Waals surface area (Å²) in [7, 11) is 1.12. The van der Waals surface area contributed by atoms with Gasteiger partial charge in [-0.1, -0.05) is 0 Å². The number of methoxy groups -OCH3 is 1. The molecule has 1 heterocycles. The van der Waals surface area contributed by atoms with Crippen LogP contribution in [0.2, 0.25) is 0 Å². The fourth-order valence-electron chi connectivity index (χ4n) is 0.819. The number of aromatic carboxylic acids is 1. The van der Waals surface area contributed by atoms with Crippen LogP contribution in [0, 0.1) is 5.82 Å².